The maximum atomic E-state index is 12.4. The van der Waals surface area contributed by atoms with Crippen LogP contribution >= 0.6 is 23.2 Å². The van der Waals surface area contributed by atoms with Crippen LogP contribution in [0.5, 0.6) is 0 Å². The smallest absolute Gasteiger partial charge is 0.352 e. The van der Waals surface area contributed by atoms with Crippen molar-refractivity contribution in [3.05, 3.63) is 63.3 Å². The number of rotatable bonds is 4. The van der Waals surface area contributed by atoms with Crippen LogP contribution in [-0.4, -0.2) is 22.0 Å². The monoisotopic (exact) mass is 376 g/mol. The molecule has 0 unspecified atom stereocenters. The Morgan fingerprint density at radius 3 is 2.60 bits per heavy atom. The van der Waals surface area contributed by atoms with Crippen LogP contribution in [0.1, 0.15) is 21.6 Å². The number of nitrogens with one attached hydrogen (secondary N) is 2. The minimum Gasteiger partial charge on any atom is -0.477 e. The van der Waals surface area contributed by atoms with E-state index >= 15 is 0 Å². The van der Waals surface area contributed by atoms with Crippen molar-refractivity contribution in [1.82, 2.24) is 4.98 Å². The summed E-state index contributed by atoms with van der Waals surface area (Å²) in [4.78, 5) is 26.7. The lowest BCUT2D eigenvalue weighted by molar-refractivity contribution is -0.115. The average molecular weight is 377 g/mol. The van der Waals surface area contributed by atoms with Gasteiger partial charge < -0.3 is 15.4 Å². The van der Waals surface area contributed by atoms with Crippen molar-refractivity contribution in [3.8, 4) is 0 Å². The van der Waals surface area contributed by atoms with Gasteiger partial charge in [-0.25, -0.2) is 4.79 Å². The van der Waals surface area contributed by atoms with Crippen LogP contribution in [0.4, 0.5) is 5.69 Å². The van der Waals surface area contributed by atoms with E-state index in [0.29, 0.717) is 32.2 Å². The molecule has 0 saturated carbocycles. The Hall–Kier alpha value is -2.50. The zero-order chi connectivity index (χ0) is 18.1. The number of H-pyrrole nitrogens is 1. The highest BCUT2D eigenvalue weighted by atomic mass is 35.5. The molecule has 1 heterocycles. The van der Waals surface area contributed by atoms with Gasteiger partial charge in [-0.1, -0.05) is 29.3 Å². The normalized spacial score (nSPS) is 10.8. The largest absolute Gasteiger partial charge is 0.477 e. The third-order valence-corrected chi connectivity index (χ3v) is 4.37. The number of fused-ring (bicyclic) bond motifs is 1. The van der Waals surface area contributed by atoms with E-state index in [1.54, 1.807) is 30.3 Å². The molecule has 0 aliphatic carbocycles. The summed E-state index contributed by atoms with van der Waals surface area (Å²) < 4.78 is 0. The van der Waals surface area contributed by atoms with Gasteiger partial charge in [-0.05, 0) is 42.8 Å². The van der Waals surface area contributed by atoms with Crippen LogP contribution < -0.4 is 5.32 Å². The molecule has 0 aliphatic heterocycles. The van der Waals surface area contributed by atoms with Gasteiger partial charge in [0.2, 0.25) is 5.91 Å². The molecule has 0 spiro atoms. The summed E-state index contributed by atoms with van der Waals surface area (Å²) in [6, 6.07) is 10.3. The molecule has 25 heavy (non-hydrogen) atoms. The van der Waals surface area contributed by atoms with Crippen LogP contribution in [0.2, 0.25) is 10.0 Å². The number of carbonyl (C=O) groups is 2. The zero-order valence-electron chi connectivity index (χ0n) is 13.2. The van der Waals surface area contributed by atoms with E-state index < -0.39 is 5.97 Å². The first kappa shape index (κ1) is 17.3. The van der Waals surface area contributed by atoms with Crippen LogP contribution in [0.3, 0.4) is 0 Å². The van der Waals surface area contributed by atoms with Crippen molar-refractivity contribution < 1.29 is 14.7 Å². The first-order valence-corrected chi connectivity index (χ1v) is 8.20. The Bertz CT molecular complexity index is 995. The van der Waals surface area contributed by atoms with Gasteiger partial charge >= 0.3 is 5.97 Å². The van der Waals surface area contributed by atoms with Gasteiger partial charge in [-0.2, -0.15) is 0 Å². The Morgan fingerprint density at radius 1 is 1.16 bits per heavy atom. The summed E-state index contributed by atoms with van der Waals surface area (Å²) in [5.41, 5.74) is 2.42. The number of aromatic amines is 1. The van der Waals surface area contributed by atoms with E-state index in [1.807, 2.05) is 13.0 Å². The van der Waals surface area contributed by atoms with Crippen LogP contribution in [0.25, 0.3) is 10.9 Å². The Balaban J connectivity index is 1.93. The fourth-order valence-electron chi connectivity index (χ4n) is 2.66. The topological polar surface area (TPSA) is 82.2 Å². The van der Waals surface area contributed by atoms with Gasteiger partial charge in [-0.3, -0.25) is 4.79 Å². The Labute approximate surface area is 153 Å². The first-order valence-electron chi connectivity index (χ1n) is 7.44. The second-order valence-electron chi connectivity index (χ2n) is 5.68. The standard InChI is InChI=1S/C18H14Cl2N2O3/c1-9-2-4-15(13(20)6-9)21-16(23)8-12-11-7-10(19)3-5-14(11)22-17(12)18(24)25/h2-7,22H,8H2,1H3,(H,21,23)(H,24,25). The van der Waals surface area contributed by atoms with Crippen molar-refractivity contribution in [2.24, 2.45) is 0 Å². The number of aromatic nitrogens is 1. The van der Waals surface area contributed by atoms with Gasteiger partial charge in [0, 0.05) is 21.5 Å². The summed E-state index contributed by atoms with van der Waals surface area (Å²) in [7, 11) is 0. The molecule has 0 bridgehead atoms. The molecule has 1 aromatic heterocycles. The van der Waals surface area contributed by atoms with Crippen molar-refractivity contribution in [2.75, 3.05) is 5.32 Å². The number of hydrogen-bond donors (Lipinski definition) is 3. The van der Waals surface area contributed by atoms with Crippen molar-refractivity contribution >= 4 is 51.7 Å². The number of amides is 1. The van der Waals surface area contributed by atoms with Gasteiger partial charge in [-0.15, -0.1) is 0 Å². The molecule has 5 nitrogen and oxygen atoms in total. The van der Waals surface area contributed by atoms with Crippen LogP contribution in [0.15, 0.2) is 36.4 Å². The lowest BCUT2D eigenvalue weighted by atomic mass is 10.1. The fraction of sp³-hybridized carbons (Fsp3) is 0.111. The molecule has 0 fully saturated rings. The number of benzene rings is 2. The predicted octanol–water partition coefficient (Wildman–Crippen LogP) is 4.66. The minimum atomic E-state index is -1.14. The third kappa shape index (κ3) is 3.62. The van der Waals surface area contributed by atoms with Gasteiger partial charge in [0.1, 0.15) is 5.69 Å². The number of halogens is 2. The zero-order valence-corrected chi connectivity index (χ0v) is 14.7. The molecule has 3 N–H and O–H groups in total. The molecule has 7 heteroatoms. The van der Waals surface area contributed by atoms with Crippen LogP contribution in [-0.2, 0) is 11.2 Å². The highest BCUT2D eigenvalue weighted by Crippen LogP contribution is 2.27. The molecular weight excluding hydrogens is 363 g/mol. The van der Waals surface area contributed by atoms with E-state index in [2.05, 4.69) is 10.3 Å². The quantitative estimate of drug-likeness (QED) is 0.618. The number of carboxylic acids is 1. The SMILES string of the molecule is Cc1ccc(NC(=O)Cc2c(C(=O)O)[nH]c3ccc(Cl)cc23)c(Cl)c1. The lowest BCUT2D eigenvalue weighted by Crippen LogP contribution is -2.16. The van der Waals surface area contributed by atoms with Gasteiger partial charge in [0.15, 0.2) is 0 Å². The van der Waals surface area contributed by atoms with Crippen molar-refractivity contribution in [1.29, 1.82) is 0 Å². The molecule has 128 valence electrons. The van der Waals surface area contributed by atoms with Crippen LogP contribution in [0, 0.1) is 6.92 Å². The van der Waals surface area contributed by atoms with Crippen molar-refractivity contribution in [2.45, 2.75) is 13.3 Å². The molecule has 1 amide bonds. The molecular formula is C18H14Cl2N2O3. The Morgan fingerprint density at radius 2 is 1.92 bits per heavy atom. The Kier molecular flexibility index (Phi) is 4.70. The molecule has 3 rings (SSSR count). The number of carbonyl (C=O) groups excluding carboxylic acids is 1. The average Bonchev–Trinajstić information content (AvgIpc) is 2.88. The van der Waals surface area contributed by atoms with Crippen molar-refractivity contribution in [3.63, 3.8) is 0 Å². The van der Waals surface area contributed by atoms with E-state index in [4.69, 9.17) is 23.2 Å². The number of aryl methyl sites for hydroxylation is 1. The second kappa shape index (κ2) is 6.78. The first-order chi connectivity index (χ1) is 11.8. The van der Waals surface area contributed by atoms with Gasteiger partial charge in [0.05, 0.1) is 17.1 Å². The summed E-state index contributed by atoms with van der Waals surface area (Å²) in [6.45, 7) is 1.90. The number of hydrogen-bond acceptors (Lipinski definition) is 2. The molecule has 2 aromatic carbocycles. The minimum absolute atomic E-state index is 0.0255. The lowest BCUT2D eigenvalue weighted by Gasteiger charge is -2.08. The number of aromatic carboxylic acids is 1. The molecule has 0 aliphatic rings. The van der Waals surface area contributed by atoms with Gasteiger partial charge in [0.25, 0.3) is 0 Å². The number of anilines is 1. The summed E-state index contributed by atoms with van der Waals surface area (Å²) in [6.07, 6.45) is -0.119. The highest BCUT2D eigenvalue weighted by molar-refractivity contribution is 6.33. The molecule has 3 aromatic rings. The molecule has 0 atom stereocenters. The summed E-state index contributed by atoms with van der Waals surface area (Å²) in [5, 5.41) is 13.6. The molecule has 0 saturated heterocycles. The van der Waals surface area contributed by atoms with E-state index in [-0.39, 0.29) is 18.0 Å². The third-order valence-electron chi connectivity index (χ3n) is 3.82. The maximum absolute atomic E-state index is 12.4. The molecule has 0 radical (unpaired) electrons. The summed E-state index contributed by atoms with van der Waals surface area (Å²) in [5.74, 6) is -1.50. The van der Waals surface area contributed by atoms with E-state index in [1.165, 1.54) is 0 Å². The van der Waals surface area contributed by atoms with E-state index in [9.17, 15) is 14.7 Å². The fourth-order valence-corrected chi connectivity index (χ4v) is 3.12. The predicted molar refractivity (Wildman–Crippen MR) is 98.8 cm³/mol. The maximum Gasteiger partial charge on any atom is 0.352 e. The highest BCUT2D eigenvalue weighted by Gasteiger charge is 2.20. The number of carboxylic acid groups (broad SMARTS) is 1. The van der Waals surface area contributed by atoms with E-state index in [0.717, 1.165) is 5.56 Å². The summed E-state index contributed by atoms with van der Waals surface area (Å²) >= 11 is 12.1. The second-order valence-corrected chi connectivity index (χ2v) is 6.53.